The smallest absolute Gasteiger partial charge is 0.475 e. The third-order valence-corrected chi connectivity index (χ3v) is 6.09. The lowest BCUT2D eigenvalue weighted by molar-refractivity contribution is -0.193. The summed E-state index contributed by atoms with van der Waals surface area (Å²) >= 11 is 0. The molecular weight excluding hydrogens is 542 g/mol. The molecule has 0 bridgehead atoms. The number of imidazole rings is 1. The molecule has 0 radical (unpaired) electrons. The van der Waals surface area contributed by atoms with E-state index in [1.165, 1.54) is 12.0 Å². The molecule has 0 aliphatic carbocycles. The van der Waals surface area contributed by atoms with Crippen LogP contribution in [0.25, 0.3) is 0 Å². The molecule has 4 heterocycles. The molecule has 2 atom stereocenters. The minimum atomic E-state index is -5.08. The Kier molecular flexibility index (Phi) is 11.3. The van der Waals surface area contributed by atoms with E-state index in [0.717, 1.165) is 51.6 Å². The van der Waals surface area contributed by atoms with Crippen LogP contribution in [0.4, 0.5) is 26.3 Å². The van der Waals surface area contributed by atoms with Gasteiger partial charge in [-0.05, 0) is 18.4 Å². The summed E-state index contributed by atoms with van der Waals surface area (Å²) in [4.78, 5) is 27.6. The monoisotopic (exact) mass is 572 g/mol. The summed E-state index contributed by atoms with van der Waals surface area (Å²) < 4.78 is 73.1. The molecule has 2 N–H and O–H groups in total. The topological polar surface area (TPSA) is 126 Å². The second kappa shape index (κ2) is 13.7. The zero-order valence-electron chi connectivity index (χ0n) is 21.2. The Labute approximate surface area is 219 Å². The first kappa shape index (κ1) is 32.0. The van der Waals surface area contributed by atoms with E-state index < -0.39 is 24.3 Å². The molecule has 17 heteroatoms. The molecule has 2 saturated heterocycles. The van der Waals surface area contributed by atoms with Gasteiger partial charge in [-0.15, -0.1) is 0 Å². The maximum absolute atomic E-state index is 10.6. The number of aromatic nitrogens is 4. The van der Waals surface area contributed by atoms with Gasteiger partial charge in [0.2, 0.25) is 0 Å². The van der Waals surface area contributed by atoms with Crippen molar-refractivity contribution in [3.63, 3.8) is 0 Å². The third kappa shape index (κ3) is 10.1. The fourth-order valence-electron chi connectivity index (χ4n) is 4.25. The summed E-state index contributed by atoms with van der Waals surface area (Å²) in [5.74, 6) is -4.38. The van der Waals surface area contributed by atoms with Gasteiger partial charge in [0.05, 0.1) is 26.0 Å². The first-order chi connectivity index (χ1) is 18.1. The van der Waals surface area contributed by atoms with E-state index >= 15 is 0 Å². The summed E-state index contributed by atoms with van der Waals surface area (Å²) in [6, 6.07) is 1.09. The van der Waals surface area contributed by atoms with E-state index in [-0.39, 0.29) is 0 Å². The highest BCUT2D eigenvalue weighted by Gasteiger charge is 2.40. The predicted octanol–water partition coefficient (Wildman–Crippen LogP) is 1.94. The number of hydrogen-bond acceptors (Lipinski definition) is 7. The SMILES string of the molecule is Cn1cc(C[C@H]2[C@H](N3CCOCC3)CCN2Cc2nccn2C)cn1.O=C(O)C(F)(F)F.O=C(O)C(F)(F)F. The summed E-state index contributed by atoms with van der Waals surface area (Å²) in [6.45, 7) is 5.84. The molecule has 220 valence electrons. The first-order valence-electron chi connectivity index (χ1n) is 11.7. The van der Waals surface area contributed by atoms with Gasteiger partial charge in [0.1, 0.15) is 5.82 Å². The van der Waals surface area contributed by atoms with Crippen LogP contribution in [0.3, 0.4) is 0 Å². The number of nitrogens with zero attached hydrogens (tertiary/aromatic N) is 6. The average Bonchev–Trinajstić information content (AvgIpc) is 3.55. The number of aryl methyl sites for hydroxylation is 2. The lowest BCUT2D eigenvalue weighted by atomic mass is 10.00. The summed E-state index contributed by atoms with van der Waals surface area (Å²) in [7, 11) is 4.07. The Balaban J connectivity index is 0.000000317. The van der Waals surface area contributed by atoms with E-state index in [1.54, 1.807) is 0 Å². The van der Waals surface area contributed by atoms with E-state index in [1.807, 2.05) is 30.3 Å². The van der Waals surface area contributed by atoms with Crippen LogP contribution >= 0.6 is 0 Å². The number of halogens is 6. The molecule has 2 fully saturated rings. The van der Waals surface area contributed by atoms with Gasteiger partial charge in [-0.25, -0.2) is 14.6 Å². The van der Waals surface area contributed by atoms with Crippen LogP contribution in [0.1, 0.15) is 17.8 Å². The highest BCUT2D eigenvalue weighted by molar-refractivity contribution is 5.73. The minimum absolute atomic E-state index is 0.499. The van der Waals surface area contributed by atoms with Gasteiger partial charge in [0.25, 0.3) is 0 Å². The van der Waals surface area contributed by atoms with Crippen molar-refractivity contribution in [1.29, 1.82) is 0 Å². The lowest BCUT2D eigenvalue weighted by Crippen LogP contribution is -2.50. The van der Waals surface area contributed by atoms with Crippen LogP contribution < -0.4 is 0 Å². The van der Waals surface area contributed by atoms with Gasteiger partial charge in [0.15, 0.2) is 0 Å². The van der Waals surface area contributed by atoms with Gasteiger partial charge in [-0.1, -0.05) is 0 Å². The standard InChI is InChI=1S/C18H28N6O.2C2HF3O2/c1-21-6-4-19-18(21)14-24-5-3-16(23-7-9-25-10-8-23)17(24)11-15-12-20-22(2)13-15;2*3-2(4,5)1(6)7/h4,6,12-13,16-17H,3,5,7-11,14H2,1-2H3;2*(H,6,7)/t16-,17+;;/m1../s1. The molecule has 0 saturated carbocycles. The molecule has 2 aliphatic heterocycles. The van der Waals surface area contributed by atoms with Crippen molar-refractivity contribution in [1.82, 2.24) is 29.1 Å². The normalized spacial score (nSPS) is 20.5. The van der Waals surface area contributed by atoms with Gasteiger partial charge in [-0.3, -0.25) is 14.5 Å². The third-order valence-electron chi connectivity index (χ3n) is 6.09. The minimum Gasteiger partial charge on any atom is -0.475 e. The highest BCUT2D eigenvalue weighted by atomic mass is 19.4. The summed E-state index contributed by atoms with van der Waals surface area (Å²) in [5, 5.41) is 18.6. The second-order valence-electron chi connectivity index (χ2n) is 8.83. The van der Waals surface area contributed by atoms with Crippen molar-refractivity contribution in [2.75, 3.05) is 32.8 Å². The predicted molar refractivity (Wildman–Crippen MR) is 122 cm³/mol. The maximum atomic E-state index is 10.6. The van der Waals surface area contributed by atoms with Crippen LogP contribution in [-0.4, -0.2) is 109 Å². The lowest BCUT2D eigenvalue weighted by Gasteiger charge is -2.37. The Morgan fingerprint density at radius 3 is 2.03 bits per heavy atom. The van der Waals surface area contributed by atoms with Crippen molar-refractivity contribution in [2.45, 2.75) is 43.8 Å². The quantitative estimate of drug-likeness (QED) is 0.517. The van der Waals surface area contributed by atoms with Crippen molar-refractivity contribution in [3.8, 4) is 0 Å². The Morgan fingerprint density at radius 2 is 1.59 bits per heavy atom. The van der Waals surface area contributed by atoms with E-state index in [0.29, 0.717) is 12.1 Å². The second-order valence-corrected chi connectivity index (χ2v) is 8.83. The van der Waals surface area contributed by atoms with Gasteiger partial charge >= 0.3 is 24.3 Å². The number of carboxylic acids is 2. The number of ether oxygens (including phenoxy) is 1. The Hall–Kier alpha value is -3.18. The molecule has 2 aliphatic rings. The van der Waals surface area contributed by atoms with Gasteiger partial charge in [-0.2, -0.15) is 31.4 Å². The summed E-state index contributed by atoms with van der Waals surface area (Å²) in [5.41, 5.74) is 1.32. The average molecular weight is 573 g/mol. The zero-order valence-corrected chi connectivity index (χ0v) is 21.2. The number of alkyl halides is 6. The molecule has 0 spiro atoms. The fourth-order valence-corrected chi connectivity index (χ4v) is 4.25. The number of morpholine rings is 1. The molecule has 0 unspecified atom stereocenters. The highest BCUT2D eigenvalue weighted by Crippen LogP contribution is 2.28. The van der Waals surface area contributed by atoms with E-state index in [4.69, 9.17) is 24.5 Å². The summed E-state index contributed by atoms with van der Waals surface area (Å²) in [6.07, 6.45) is 0.166. The number of carbonyl (C=O) groups is 2. The molecule has 2 aromatic heterocycles. The van der Waals surface area contributed by atoms with Gasteiger partial charge in [0, 0.05) is 64.4 Å². The Morgan fingerprint density at radius 1 is 1.03 bits per heavy atom. The van der Waals surface area contributed by atoms with Crippen LogP contribution in [0, 0.1) is 0 Å². The van der Waals surface area contributed by atoms with E-state index in [2.05, 4.69) is 37.7 Å². The number of carboxylic acid groups (broad SMARTS) is 2. The molecule has 39 heavy (non-hydrogen) atoms. The van der Waals surface area contributed by atoms with Crippen LogP contribution in [0.15, 0.2) is 24.8 Å². The van der Waals surface area contributed by atoms with Crippen LogP contribution in [0.5, 0.6) is 0 Å². The van der Waals surface area contributed by atoms with Crippen LogP contribution in [-0.2, 0) is 41.4 Å². The number of aliphatic carboxylic acids is 2. The zero-order chi connectivity index (χ0) is 29.4. The van der Waals surface area contributed by atoms with Crippen molar-refractivity contribution < 1.29 is 50.9 Å². The maximum Gasteiger partial charge on any atom is 0.490 e. The number of rotatable bonds is 5. The number of hydrogen-bond donors (Lipinski definition) is 2. The van der Waals surface area contributed by atoms with Crippen molar-refractivity contribution >= 4 is 11.9 Å². The van der Waals surface area contributed by atoms with E-state index in [9.17, 15) is 26.3 Å². The molecule has 4 rings (SSSR count). The molecule has 11 nitrogen and oxygen atoms in total. The number of likely N-dealkylation sites (tertiary alicyclic amines) is 1. The molecule has 0 amide bonds. The molecular formula is C22H30F6N6O5. The fraction of sp³-hybridized carbons (Fsp3) is 0.636. The first-order valence-corrected chi connectivity index (χ1v) is 11.7. The largest absolute Gasteiger partial charge is 0.490 e. The van der Waals surface area contributed by atoms with Crippen molar-refractivity contribution in [2.24, 2.45) is 14.1 Å². The Bertz CT molecular complexity index is 1040. The van der Waals surface area contributed by atoms with Crippen molar-refractivity contribution in [3.05, 3.63) is 36.2 Å². The van der Waals surface area contributed by atoms with Gasteiger partial charge < -0.3 is 19.5 Å². The molecule has 0 aromatic carbocycles. The molecule has 2 aromatic rings. The van der Waals surface area contributed by atoms with Crippen LogP contribution in [0.2, 0.25) is 0 Å².